The van der Waals surface area contributed by atoms with Crippen molar-refractivity contribution in [1.82, 2.24) is 20.1 Å². The van der Waals surface area contributed by atoms with Crippen LogP contribution < -0.4 is 5.32 Å². The Morgan fingerprint density at radius 3 is 2.55 bits per heavy atom. The molecule has 2 aromatic rings. The molecule has 2 heterocycles. The summed E-state index contributed by atoms with van der Waals surface area (Å²) in [5.74, 6) is 0. The van der Waals surface area contributed by atoms with E-state index in [4.69, 9.17) is 11.6 Å². The summed E-state index contributed by atoms with van der Waals surface area (Å²) >= 11 is 6.25. The van der Waals surface area contributed by atoms with Crippen LogP contribution in [0.3, 0.4) is 0 Å². The van der Waals surface area contributed by atoms with E-state index in [1.54, 1.807) is 0 Å². The van der Waals surface area contributed by atoms with Crippen molar-refractivity contribution in [3.8, 4) is 5.69 Å². The molecule has 0 spiro atoms. The van der Waals surface area contributed by atoms with E-state index in [1.807, 2.05) is 37.7 Å². The van der Waals surface area contributed by atoms with Crippen LogP contribution in [0.4, 0.5) is 0 Å². The molecule has 0 aromatic carbocycles. The van der Waals surface area contributed by atoms with Crippen molar-refractivity contribution in [2.75, 3.05) is 0 Å². The second kappa shape index (κ2) is 5.94. The Labute approximate surface area is 125 Å². The van der Waals surface area contributed by atoms with Gasteiger partial charge in [-0.05, 0) is 26.8 Å². The number of aromatic nitrogens is 3. The summed E-state index contributed by atoms with van der Waals surface area (Å²) in [6, 6.07) is 2.47. The van der Waals surface area contributed by atoms with E-state index in [-0.39, 0.29) is 0 Å². The van der Waals surface area contributed by atoms with E-state index in [1.165, 1.54) is 0 Å². The van der Waals surface area contributed by atoms with Crippen LogP contribution in [0.15, 0.2) is 12.3 Å². The normalized spacial score (nSPS) is 11.3. The number of hydrogen-bond donors (Lipinski definition) is 1. The van der Waals surface area contributed by atoms with Gasteiger partial charge in [0.25, 0.3) is 0 Å². The summed E-state index contributed by atoms with van der Waals surface area (Å²) in [5.41, 5.74) is 4.93. The molecule has 4 nitrogen and oxygen atoms in total. The van der Waals surface area contributed by atoms with Crippen LogP contribution in [0.2, 0.25) is 5.02 Å². The van der Waals surface area contributed by atoms with Crippen molar-refractivity contribution >= 4 is 11.6 Å². The van der Waals surface area contributed by atoms with Crippen molar-refractivity contribution in [3.05, 3.63) is 39.9 Å². The second-order valence-electron chi connectivity index (χ2n) is 5.39. The summed E-state index contributed by atoms with van der Waals surface area (Å²) in [6.07, 6.45) is 1.91. The van der Waals surface area contributed by atoms with Gasteiger partial charge in [-0.1, -0.05) is 25.4 Å². The monoisotopic (exact) mass is 292 g/mol. The first-order valence-corrected chi connectivity index (χ1v) is 7.19. The molecule has 0 radical (unpaired) electrons. The van der Waals surface area contributed by atoms with E-state index < -0.39 is 0 Å². The molecule has 0 fully saturated rings. The van der Waals surface area contributed by atoms with E-state index in [9.17, 15) is 0 Å². The molecule has 20 heavy (non-hydrogen) atoms. The van der Waals surface area contributed by atoms with Crippen LogP contribution in [0.1, 0.15) is 36.5 Å². The molecule has 0 aliphatic heterocycles. The lowest BCUT2D eigenvalue weighted by Gasteiger charge is -2.14. The average molecular weight is 293 g/mol. The van der Waals surface area contributed by atoms with Gasteiger partial charge >= 0.3 is 0 Å². The maximum atomic E-state index is 6.25. The minimum atomic E-state index is 0.424. The third-order valence-corrected chi connectivity index (χ3v) is 3.78. The highest BCUT2D eigenvalue weighted by Crippen LogP contribution is 2.24. The lowest BCUT2D eigenvalue weighted by atomic mass is 10.2. The van der Waals surface area contributed by atoms with Crippen molar-refractivity contribution in [1.29, 1.82) is 0 Å². The van der Waals surface area contributed by atoms with Crippen LogP contribution in [0.25, 0.3) is 5.69 Å². The minimum absolute atomic E-state index is 0.424. The third-order valence-electron chi connectivity index (χ3n) is 3.23. The Hall–Kier alpha value is -1.39. The molecule has 0 bridgehead atoms. The Morgan fingerprint density at radius 2 is 2.00 bits per heavy atom. The summed E-state index contributed by atoms with van der Waals surface area (Å²) < 4.78 is 1.91. The van der Waals surface area contributed by atoms with Crippen LogP contribution in [0.5, 0.6) is 0 Å². The number of nitrogens with zero attached hydrogens (tertiary/aromatic N) is 3. The first-order chi connectivity index (χ1) is 9.40. The van der Waals surface area contributed by atoms with Gasteiger partial charge in [-0.2, -0.15) is 5.10 Å². The number of halogens is 1. The highest BCUT2D eigenvalue weighted by atomic mass is 35.5. The standard InChI is InChI=1S/C15H21ClN4/c1-9(2)17-7-13-8-18-10(3)6-14(13)20-12(5)15(16)11(4)19-20/h6,8-9,17H,7H2,1-5H3. The lowest BCUT2D eigenvalue weighted by Crippen LogP contribution is -2.23. The number of pyridine rings is 1. The van der Waals surface area contributed by atoms with Gasteiger partial charge in [0.15, 0.2) is 0 Å². The molecule has 2 rings (SSSR count). The molecule has 1 N–H and O–H groups in total. The van der Waals surface area contributed by atoms with Gasteiger partial charge in [0.05, 0.1) is 22.1 Å². The molecule has 0 unspecified atom stereocenters. The maximum Gasteiger partial charge on any atom is 0.0848 e. The predicted octanol–water partition coefficient (Wildman–Crippen LogP) is 3.34. The zero-order valence-corrected chi connectivity index (χ0v) is 13.4. The highest BCUT2D eigenvalue weighted by molar-refractivity contribution is 6.31. The van der Waals surface area contributed by atoms with Crippen LogP contribution in [-0.2, 0) is 6.54 Å². The van der Waals surface area contributed by atoms with Gasteiger partial charge in [0.1, 0.15) is 0 Å². The molecular formula is C15H21ClN4. The quantitative estimate of drug-likeness (QED) is 0.940. The molecule has 0 saturated carbocycles. The first-order valence-electron chi connectivity index (χ1n) is 6.81. The molecule has 108 valence electrons. The summed E-state index contributed by atoms with van der Waals surface area (Å²) in [5, 5.41) is 8.68. The molecule has 0 amide bonds. The average Bonchev–Trinajstić information content (AvgIpc) is 2.65. The summed E-state index contributed by atoms with van der Waals surface area (Å²) in [6.45, 7) is 10.9. The van der Waals surface area contributed by atoms with Gasteiger partial charge in [0.2, 0.25) is 0 Å². The molecule has 5 heteroatoms. The number of nitrogens with one attached hydrogen (secondary N) is 1. The largest absolute Gasteiger partial charge is 0.310 e. The van der Waals surface area contributed by atoms with Gasteiger partial charge in [-0.15, -0.1) is 0 Å². The highest BCUT2D eigenvalue weighted by Gasteiger charge is 2.14. The van der Waals surface area contributed by atoms with Crippen molar-refractivity contribution < 1.29 is 0 Å². The molecule has 0 aliphatic rings. The van der Waals surface area contributed by atoms with Crippen molar-refractivity contribution in [3.63, 3.8) is 0 Å². The van der Waals surface area contributed by atoms with Gasteiger partial charge < -0.3 is 5.32 Å². The summed E-state index contributed by atoms with van der Waals surface area (Å²) in [4.78, 5) is 4.39. The second-order valence-corrected chi connectivity index (χ2v) is 5.76. The summed E-state index contributed by atoms with van der Waals surface area (Å²) in [7, 11) is 0. The zero-order valence-electron chi connectivity index (χ0n) is 12.7. The predicted molar refractivity (Wildman–Crippen MR) is 82.6 cm³/mol. The molecule has 0 aliphatic carbocycles. The molecule has 2 aromatic heterocycles. The lowest BCUT2D eigenvalue weighted by molar-refractivity contribution is 0.585. The van der Waals surface area contributed by atoms with E-state index >= 15 is 0 Å². The minimum Gasteiger partial charge on any atom is -0.310 e. The fraction of sp³-hybridized carbons (Fsp3) is 0.467. The fourth-order valence-corrected chi connectivity index (χ4v) is 2.20. The van der Waals surface area contributed by atoms with E-state index in [0.717, 1.165) is 39.9 Å². The van der Waals surface area contributed by atoms with Gasteiger partial charge in [-0.3, -0.25) is 4.98 Å². The molecule has 0 atom stereocenters. The van der Waals surface area contributed by atoms with Crippen LogP contribution >= 0.6 is 11.6 Å². The smallest absolute Gasteiger partial charge is 0.0848 e. The number of aryl methyl sites for hydroxylation is 2. The van der Waals surface area contributed by atoms with E-state index in [2.05, 4.69) is 29.2 Å². The Balaban J connectivity index is 2.48. The third kappa shape index (κ3) is 3.02. The fourth-order valence-electron chi connectivity index (χ4n) is 2.08. The Bertz CT molecular complexity index is 617. The van der Waals surface area contributed by atoms with Crippen molar-refractivity contribution in [2.45, 2.75) is 47.2 Å². The number of rotatable bonds is 4. The van der Waals surface area contributed by atoms with Gasteiger partial charge in [0, 0.05) is 30.0 Å². The Morgan fingerprint density at radius 1 is 1.30 bits per heavy atom. The van der Waals surface area contributed by atoms with Crippen molar-refractivity contribution in [2.24, 2.45) is 0 Å². The maximum absolute atomic E-state index is 6.25. The van der Waals surface area contributed by atoms with E-state index in [0.29, 0.717) is 6.04 Å². The van der Waals surface area contributed by atoms with Gasteiger partial charge in [-0.25, -0.2) is 4.68 Å². The first kappa shape index (κ1) is 15.0. The SMILES string of the molecule is Cc1cc(-n2nc(C)c(Cl)c2C)c(CNC(C)C)cn1. The zero-order chi connectivity index (χ0) is 14.9. The number of hydrogen-bond acceptors (Lipinski definition) is 3. The molecular weight excluding hydrogens is 272 g/mol. The topological polar surface area (TPSA) is 42.7 Å². The Kier molecular flexibility index (Phi) is 4.45. The van der Waals surface area contributed by atoms with Crippen LogP contribution in [-0.4, -0.2) is 20.8 Å². The molecule has 0 saturated heterocycles. The van der Waals surface area contributed by atoms with Crippen LogP contribution in [0, 0.1) is 20.8 Å².